The summed E-state index contributed by atoms with van der Waals surface area (Å²) in [5.74, 6) is 1.77. The molecule has 0 spiro atoms. The van der Waals surface area contributed by atoms with E-state index in [1.54, 1.807) is 0 Å². The molecular formula is C76H49N17Pd2. The molecule has 0 radical (unpaired) electrons. The van der Waals surface area contributed by atoms with E-state index in [9.17, 15) is 0 Å². The van der Waals surface area contributed by atoms with Crippen molar-refractivity contribution in [2.45, 2.75) is 0 Å². The van der Waals surface area contributed by atoms with Crippen LogP contribution in [0, 0.1) is 17.7 Å². The van der Waals surface area contributed by atoms with Gasteiger partial charge in [-0.05, 0) is 100 Å². The fourth-order valence-electron chi connectivity index (χ4n) is 12.8. The zero-order valence-corrected chi connectivity index (χ0v) is 53.1. The molecule has 0 saturated carbocycles. The Balaban J connectivity index is 0.000000139. The van der Waals surface area contributed by atoms with Crippen LogP contribution in [0.2, 0.25) is 0 Å². The van der Waals surface area contributed by atoms with Gasteiger partial charge in [0.05, 0.1) is 40.1 Å². The Morgan fingerprint density at radius 3 is 1.34 bits per heavy atom. The average molecular weight is 1410 g/mol. The molecule has 0 fully saturated rings. The first-order chi connectivity index (χ1) is 46.6. The summed E-state index contributed by atoms with van der Waals surface area (Å²) in [4.78, 5) is 9.43. The Morgan fingerprint density at radius 2 is 0.758 bits per heavy atom. The minimum atomic E-state index is 0. The Bertz CT molecular complexity index is 5560. The van der Waals surface area contributed by atoms with Crippen molar-refractivity contribution >= 4 is 87.2 Å². The van der Waals surface area contributed by atoms with E-state index in [4.69, 9.17) is 25.7 Å². The molecule has 0 saturated heterocycles. The van der Waals surface area contributed by atoms with Crippen molar-refractivity contribution in [1.29, 1.82) is 5.53 Å². The number of benzene rings is 10. The van der Waals surface area contributed by atoms with Crippen LogP contribution in [0.15, 0.2) is 322 Å². The number of rotatable bonds is 11. The molecule has 10 aromatic carbocycles. The second-order valence-corrected chi connectivity index (χ2v) is 22.3. The smallest absolute Gasteiger partial charge is 0.358 e. The topological polar surface area (TPSA) is 179 Å². The maximum Gasteiger partial charge on any atom is 2.00 e. The maximum atomic E-state index is 6.06. The Labute approximate surface area is 566 Å². The van der Waals surface area contributed by atoms with Crippen molar-refractivity contribution in [3.63, 3.8) is 0 Å². The van der Waals surface area contributed by atoms with Crippen molar-refractivity contribution in [3.8, 4) is 56.6 Å². The molecule has 18 rings (SSSR count). The number of hydrogen-bond donors (Lipinski definition) is 1. The second-order valence-electron chi connectivity index (χ2n) is 22.0. The van der Waals surface area contributed by atoms with Crippen molar-refractivity contribution in [1.82, 2.24) is 47.8 Å². The number of pyridine rings is 2. The van der Waals surface area contributed by atoms with E-state index < -0.39 is 0 Å². The summed E-state index contributed by atoms with van der Waals surface area (Å²) in [6.07, 6.45) is 11.7. The molecule has 19 heteroatoms. The average Bonchev–Trinajstić information content (AvgIpc) is 1.59. The third-order valence-electron chi connectivity index (χ3n) is 16.8. The molecule has 95 heavy (non-hydrogen) atoms. The van der Waals surface area contributed by atoms with Gasteiger partial charge in [-0.1, -0.05) is 174 Å². The first-order valence-corrected chi connectivity index (χ1v) is 30.7. The van der Waals surface area contributed by atoms with Gasteiger partial charge in [0.25, 0.3) is 0 Å². The second kappa shape index (κ2) is 26.0. The standard InChI is InChI=1S/C38H25N5.C38H23N5.HN7.2Pd/c2*1-2-10-26(11-3-1)27-24-40-41(25-27)28-17-19-32-30-12-4-6-14-34(30)42(36(32)22-28)29-18-20-33-31-13-5-7-15-35(31)43(37(33)23-29)38-16-8-9-21-39-38;1-3-5-7-6-4-2;;/h1-25H;1-21,24-25H;1H;;/q;-2;;;+2/b;;3-1?,6-4+,7-5+;;. The normalized spacial score (nSPS) is 11.5. The number of nitrogens with one attached hydrogen (secondary N) is 1. The summed E-state index contributed by atoms with van der Waals surface area (Å²) < 4.78 is 16.0. The third-order valence-corrected chi connectivity index (χ3v) is 16.9. The summed E-state index contributed by atoms with van der Waals surface area (Å²) in [6, 6.07) is 96.5. The van der Waals surface area contributed by atoms with Gasteiger partial charge in [-0.2, -0.15) is 22.3 Å². The van der Waals surface area contributed by atoms with E-state index in [2.05, 4.69) is 292 Å². The summed E-state index contributed by atoms with van der Waals surface area (Å²) in [5.41, 5.74) is 23.2. The van der Waals surface area contributed by atoms with Crippen LogP contribution in [0.5, 0.6) is 0 Å². The van der Waals surface area contributed by atoms with Crippen LogP contribution < -0.4 is 0 Å². The van der Waals surface area contributed by atoms with E-state index >= 15 is 0 Å². The monoisotopic (exact) mass is 1410 g/mol. The molecule has 8 aromatic heterocycles. The predicted molar refractivity (Wildman–Crippen MR) is 366 cm³/mol. The van der Waals surface area contributed by atoms with E-state index in [0.717, 1.165) is 106 Å². The van der Waals surface area contributed by atoms with Crippen molar-refractivity contribution in [2.24, 2.45) is 29.8 Å². The van der Waals surface area contributed by atoms with Gasteiger partial charge >= 0.3 is 74.8 Å². The van der Waals surface area contributed by atoms with Crippen molar-refractivity contribution in [3.05, 3.63) is 304 Å². The fourth-order valence-corrected chi connectivity index (χ4v) is 12.8. The summed E-state index contributed by atoms with van der Waals surface area (Å²) in [6.45, 7) is 0. The van der Waals surface area contributed by atoms with Crippen LogP contribution in [0.1, 0.15) is 0 Å². The summed E-state index contributed by atoms with van der Waals surface area (Å²) >= 11 is 2.36. The van der Waals surface area contributed by atoms with Gasteiger partial charge < -0.3 is 13.7 Å². The summed E-state index contributed by atoms with van der Waals surface area (Å²) in [7, 11) is 0. The molecule has 0 aliphatic carbocycles. The van der Waals surface area contributed by atoms with Gasteiger partial charge in [-0.15, -0.1) is 35.0 Å². The van der Waals surface area contributed by atoms with Gasteiger partial charge in [0.2, 0.25) is 0 Å². The van der Waals surface area contributed by atoms with Gasteiger partial charge in [-0.3, -0.25) is 9.25 Å². The van der Waals surface area contributed by atoms with Crippen LogP contribution in [0.4, 0.5) is 0 Å². The first kappa shape index (κ1) is 59.4. The molecule has 18 aromatic rings. The van der Waals surface area contributed by atoms with Crippen molar-refractivity contribution in [2.75, 3.05) is 0 Å². The van der Waals surface area contributed by atoms with Gasteiger partial charge in [0.15, 0.2) is 0 Å². The number of aromatic nitrogens is 10. The molecular weight excluding hydrogens is 1360 g/mol. The Hall–Kier alpha value is -12.0. The van der Waals surface area contributed by atoms with Gasteiger partial charge in [-0.25, -0.2) is 14.6 Å². The number of para-hydroxylation sites is 4. The number of nitrogens with zero attached hydrogens (tertiary/aromatic N) is 16. The quantitative estimate of drug-likeness (QED) is 0.0586. The van der Waals surface area contributed by atoms with Crippen LogP contribution in [0.3, 0.4) is 0 Å². The van der Waals surface area contributed by atoms with Crippen molar-refractivity contribution < 1.29 is 39.4 Å². The molecule has 17 nitrogen and oxygen atoms in total. The molecule has 0 unspecified atom stereocenters. The van der Waals surface area contributed by atoms with Crippen LogP contribution >= 0.6 is 0 Å². The van der Waals surface area contributed by atoms with E-state index in [1.165, 1.54) is 37.8 Å². The molecule has 8 heterocycles. The molecule has 0 aliphatic rings. The SMILES string of the molecule is N=N/N=N/N=N/[N]=[Pd].[Pd+2].[c-]1c(-n2cc(-c3ccccc3)cn2)ccc2c3ccccc3n(-c3[c-]c4c(cc3)c3ccccc3n4-c3ccccn3)c12.c1ccc(-c2cnn(-c3ccc4c5ccccc5n(-c5ccc6c7ccccc7n(-c7ccccn7)c6c5)c4c3)c2)cc1. The van der Waals surface area contributed by atoms with Crippen LogP contribution in [-0.4, -0.2) is 47.8 Å². The molecule has 0 atom stereocenters. The maximum absolute atomic E-state index is 6.06. The van der Waals surface area contributed by atoms with E-state index in [0.29, 0.717) is 0 Å². The molecule has 1 N–H and O–H groups in total. The number of fused-ring (bicyclic) bond motifs is 12. The zero-order valence-electron chi connectivity index (χ0n) is 50.0. The Morgan fingerprint density at radius 1 is 0.337 bits per heavy atom. The minimum Gasteiger partial charge on any atom is -0.358 e. The summed E-state index contributed by atoms with van der Waals surface area (Å²) in [5, 5.41) is 33.0. The molecule has 0 bridgehead atoms. The van der Waals surface area contributed by atoms with Crippen LogP contribution in [0.25, 0.3) is 144 Å². The third kappa shape index (κ3) is 11.0. The van der Waals surface area contributed by atoms with Gasteiger partial charge in [0, 0.05) is 74.2 Å². The van der Waals surface area contributed by atoms with Crippen LogP contribution in [-0.2, 0) is 39.4 Å². The Kier molecular flexibility index (Phi) is 16.2. The molecule has 0 amide bonds. The number of hydrogen-bond acceptors (Lipinski definition) is 6. The van der Waals surface area contributed by atoms with Gasteiger partial charge in [0.1, 0.15) is 11.6 Å². The largest absolute Gasteiger partial charge is 2.00 e. The predicted octanol–water partition coefficient (Wildman–Crippen LogP) is 19.3. The van der Waals surface area contributed by atoms with E-state index in [1.807, 2.05) is 88.7 Å². The van der Waals surface area contributed by atoms with E-state index in [-0.39, 0.29) is 20.4 Å². The first-order valence-electron chi connectivity index (χ1n) is 30.1. The fraction of sp³-hybridized carbons (Fsp3) is 0. The minimum absolute atomic E-state index is 0. The molecule has 0 aliphatic heterocycles. The molecule has 458 valence electrons. The zero-order chi connectivity index (χ0) is 62.9.